The molecule has 1 aromatic rings. The van der Waals surface area contributed by atoms with Crippen molar-refractivity contribution < 1.29 is 19.4 Å². The first-order valence-corrected chi connectivity index (χ1v) is 6.31. The van der Waals surface area contributed by atoms with Crippen LogP contribution in [-0.4, -0.2) is 30.1 Å². The second kappa shape index (κ2) is 6.79. The third-order valence-electron chi connectivity index (χ3n) is 3.02. The summed E-state index contributed by atoms with van der Waals surface area (Å²) in [4.78, 5) is 22.9. The summed E-state index contributed by atoms with van der Waals surface area (Å²) in [5.74, 6) is -0.767. The lowest BCUT2D eigenvalue weighted by Gasteiger charge is -2.21. The van der Waals surface area contributed by atoms with Crippen LogP contribution >= 0.6 is 0 Å². The molecule has 1 atom stereocenters. The lowest BCUT2D eigenvalue weighted by Crippen LogP contribution is -2.40. The molecule has 0 aliphatic heterocycles. The zero-order valence-corrected chi connectivity index (χ0v) is 11.8. The minimum Gasteiger partial charge on any atom is -0.497 e. The van der Waals surface area contributed by atoms with Gasteiger partial charge in [0.25, 0.3) is 5.91 Å². The molecule has 0 bridgehead atoms. The number of ether oxygens (including phenoxy) is 1. The molecule has 1 amide bonds. The molecule has 4 N–H and O–H groups in total. The van der Waals surface area contributed by atoms with E-state index in [1.54, 1.807) is 18.2 Å². The summed E-state index contributed by atoms with van der Waals surface area (Å²) in [6, 6.07) is 4.30. The number of hydrogen-bond donors (Lipinski definition) is 3. The van der Waals surface area contributed by atoms with Crippen LogP contribution in [0.1, 0.15) is 30.6 Å². The van der Waals surface area contributed by atoms with Gasteiger partial charge in [-0.2, -0.15) is 0 Å². The van der Waals surface area contributed by atoms with Crippen LogP contribution in [0.5, 0.6) is 5.75 Å². The number of carboxylic acid groups (broad SMARTS) is 1. The van der Waals surface area contributed by atoms with Gasteiger partial charge in [0.2, 0.25) is 0 Å². The Morgan fingerprint density at radius 1 is 1.40 bits per heavy atom. The topological polar surface area (TPSA) is 102 Å². The van der Waals surface area contributed by atoms with Gasteiger partial charge >= 0.3 is 5.97 Å². The molecule has 20 heavy (non-hydrogen) atoms. The maximum Gasteiger partial charge on any atom is 0.305 e. The van der Waals surface area contributed by atoms with Crippen molar-refractivity contribution in [2.45, 2.75) is 26.3 Å². The summed E-state index contributed by atoms with van der Waals surface area (Å²) in [6.07, 6.45) is -0.126. The summed E-state index contributed by atoms with van der Waals surface area (Å²) >= 11 is 0. The maximum absolute atomic E-state index is 12.1. The highest BCUT2D eigenvalue weighted by molar-refractivity contribution is 5.99. The molecule has 0 aliphatic rings. The van der Waals surface area contributed by atoms with Gasteiger partial charge in [0.15, 0.2) is 0 Å². The van der Waals surface area contributed by atoms with Crippen molar-refractivity contribution >= 4 is 17.6 Å². The molecular formula is C14H20N2O4. The van der Waals surface area contributed by atoms with Gasteiger partial charge < -0.3 is 20.9 Å². The molecule has 6 nitrogen and oxygen atoms in total. The molecule has 0 radical (unpaired) electrons. The Labute approximate surface area is 117 Å². The van der Waals surface area contributed by atoms with Gasteiger partial charge in [-0.15, -0.1) is 0 Å². The molecule has 0 saturated carbocycles. The Bertz CT molecular complexity index is 500. The van der Waals surface area contributed by atoms with Crippen molar-refractivity contribution in [3.63, 3.8) is 0 Å². The van der Waals surface area contributed by atoms with Gasteiger partial charge in [-0.05, 0) is 18.1 Å². The molecule has 1 aromatic carbocycles. The highest BCUT2D eigenvalue weighted by Gasteiger charge is 2.21. The quantitative estimate of drug-likeness (QED) is 0.685. The average Bonchev–Trinajstić information content (AvgIpc) is 2.36. The number of carbonyl (C=O) groups excluding carboxylic acids is 1. The van der Waals surface area contributed by atoms with Gasteiger partial charge in [0.05, 0.1) is 19.1 Å². The predicted molar refractivity (Wildman–Crippen MR) is 75.8 cm³/mol. The SMILES string of the molecule is COc1ccc(C(=O)NC(CC(=O)O)C(C)C)c(N)c1. The van der Waals surface area contributed by atoms with Crippen molar-refractivity contribution in [2.24, 2.45) is 5.92 Å². The van der Waals surface area contributed by atoms with Crippen LogP contribution in [0.4, 0.5) is 5.69 Å². The van der Waals surface area contributed by atoms with E-state index in [-0.39, 0.29) is 18.2 Å². The number of benzene rings is 1. The lowest BCUT2D eigenvalue weighted by molar-refractivity contribution is -0.137. The molecule has 6 heteroatoms. The smallest absolute Gasteiger partial charge is 0.305 e. The first-order chi connectivity index (χ1) is 9.35. The number of anilines is 1. The Hall–Kier alpha value is -2.24. The number of carbonyl (C=O) groups is 2. The highest BCUT2D eigenvalue weighted by atomic mass is 16.5. The number of amides is 1. The van der Waals surface area contributed by atoms with Gasteiger partial charge in [0.1, 0.15) is 5.75 Å². The summed E-state index contributed by atoms with van der Waals surface area (Å²) in [5.41, 5.74) is 6.39. The normalized spacial score (nSPS) is 12.0. The Balaban J connectivity index is 2.86. The third kappa shape index (κ3) is 4.15. The summed E-state index contributed by atoms with van der Waals surface area (Å²) in [7, 11) is 1.51. The van der Waals surface area contributed by atoms with Crippen molar-refractivity contribution in [1.29, 1.82) is 0 Å². The molecule has 1 rings (SSSR count). The van der Waals surface area contributed by atoms with Gasteiger partial charge in [-0.1, -0.05) is 13.8 Å². The van der Waals surface area contributed by atoms with Crippen LogP contribution in [0.3, 0.4) is 0 Å². The van der Waals surface area contributed by atoms with Crippen LogP contribution in [-0.2, 0) is 4.79 Å². The Morgan fingerprint density at radius 3 is 2.50 bits per heavy atom. The lowest BCUT2D eigenvalue weighted by atomic mass is 10.0. The molecule has 1 unspecified atom stereocenters. The first-order valence-electron chi connectivity index (χ1n) is 6.31. The standard InChI is InChI=1S/C14H20N2O4/c1-8(2)12(7-13(17)18)16-14(19)10-5-4-9(20-3)6-11(10)15/h4-6,8,12H,7,15H2,1-3H3,(H,16,19)(H,17,18). The number of methoxy groups -OCH3 is 1. The van der Waals surface area contributed by atoms with Crippen molar-refractivity contribution in [2.75, 3.05) is 12.8 Å². The van der Waals surface area contributed by atoms with Crippen LogP contribution in [0.25, 0.3) is 0 Å². The number of rotatable bonds is 6. The fourth-order valence-corrected chi connectivity index (χ4v) is 1.76. The van der Waals surface area contributed by atoms with E-state index in [2.05, 4.69) is 5.32 Å². The molecule has 0 heterocycles. The van der Waals surface area contributed by atoms with E-state index in [0.717, 1.165) is 0 Å². The predicted octanol–water partition coefficient (Wildman–Crippen LogP) is 1.51. The molecule has 0 fully saturated rings. The number of nitrogens with two attached hydrogens (primary N) is 1. The van der Waals surface area contributed by atoms with Gasteiger partial charge in [-0.3, -0.25) is 9.59 Å². The van der Waals surface area contributed by atoms with E-state index in [0.29, 0.717) is 17.0 Å². The van der Waals surface area contributed by atoms with Crippen molar-refractivity contribution in [3.05, 3.63) is 23.8 Å². The maximum atomic E-state index is 12.1. The monoisotopic (exact) mass is 280 g/mol. The van der Waals surface area contributed by atoms with E-state index in [1.165, 1.54) is 7.11 Å². The zero-order valence-electron chi connectivity index (χ0n) is 11.8. The van der Waals surface area contributed by atoms with Crippen molar-refractivity contribution in [1.82, 2.24) is 5.32 Å². The van der Waals surface area contributed by atoms with E-state index >= 15 is 0 Å². The number of nitrogen functional groups attached to an aromatic ring is 1. The highest BCUT2D eigenvalue weighted by Crippen LogP contribution is 2.20. The first kappa shape index (κ1) is 15.8. The third-order valence-corrected chi connectivity index (χ3v) is 3.02. The van der Waals surface area contributed by atoms with E-state index in [4.69, 9.17) is 15.6 Å². The summed E-state index contributed by atoms with van der Waals surface area (Å²) < 4.78 is 5.01. The average molecular weight is 280 g/mol. The minimum absolute atomic E-state index is 0.00882. The number of nitrogens with one attached hydrogen (secondary N) is 1. The number of aliphatic carboxylic acids is 1. The van der Waals surface area contributed by atoms with Crippen molar-refractivity contribution in [3.8, 4) is 5.75 Å². The van der Waals surface area contributed by atoms with Crippen LogP contribution < -0.4 is 15.8 Å². The minimum atomic E-state index is -0.952. The molecule has 0 aromatic heterocycles. The van der Waals surface area contributed by atoms with E-state index < -0.39 is 12.0 Å². The molecule has 0 saturated heterocycles. The second-order valence-electron chi connectivity index (χ2n) is 4.88. The van der Waals surface area contributed by atoms with Crippen LogP contribution in [0, 0.1) is 5.92 Å². The molecule has 0 spiro atoms. The van der Waals surface area contributed by atoms with Gasteiger partial charge in [0, 0.05) is 17.8 Å². The second-order valence-corrected chi connectivity index (χ2v) is 4.88. The molecule has 110 valence electrons. The van der Waals surface area contributed by atoms with Gasteiger partial charge in [-0.25, -0.2) is 0 Å². The van der Waals surface area contributed by atoms with Crippen LogP contribution in [0.15, 0.2) is 18.2 Å². The van der Waals surface area contributed by atoms with E-state index in [1.807, 2.05) is 13.8 Å². The van der Waals surface area contributed by atoms with E-state index in [9.17, 15) is 9.59 Å². The Morgan fingerprint density at radius 2 is 2.05 bits per heavy atom. The number of hydrogen-bond acceptors (Lipinski definition) is 4. The molecule has 0 aliphatic carbocycles. The zero-order chi connectivity index (χ0) is 15.3. The number of carboxylic acids is 1. The summed E-state index contributed by atoms with van der Waals surface area (Å²) in [5, 5.41) is 11.5. The fraction of sp³-hybridized carbons (Fsp3) is 0.429. The largest absolute Gasteiger partial charge is 0.497 e. The fourth-order valence-electron chi connectivity index (χ4n) is 1.76. The summed E-state index contributed by atoms with van der Waals surface area (Å²) in [6.45, 7) is 3.70. The Kier molecular flexibility index (Phi) is 5.37. The molecular weight excluding hydrogens is 260 g/mol. The van der Waals surface area contributed by atoms with Crippen LogP contribution in [0.2, 0.25) is 0 Å².